The molecule has 0 saturated carbocycles. The second-order valence-corrected chi connectivity index (χ2v) is 10.7. The van der Waals surface area contributed by atoms with Gasteiger partial charge in [0.1, 0.15) is 0 Å². The normalized spacial score (nSPS) is 21.6. The highest BCUT2D eigenvalue weighted by Crippen LogP contribution is 2.37. The second-order valence-electron chi connectivity index (χ2n) is 10.7. The third kappa shape index (κ3) is 9.32. The minimum Gasteiger partial charge on any atom is -0.505 e. The van der Waals surface area contributed by atoms with Crippen LogP contribution in [0.4, 0.5) is 0 Å². The molecule has 4 N–H and O–H groups in total. The maximum atomic E-state index is 11.6. The van der Waals surface area contributed by atoms with E-state index in [0.29, 0.717) is 5.92 Å². The summed E-state index contributed by atoms with van der Waals surface area (Å²) in [5.74, 6) is -2.60. The predicted molar refractivity (Wildman–Crippen MR) is 132 cm³/mol. The van der Waals surface area contributed by atoms with Crippen LogP contribution in [0.25, 0.3) is 0 Å². The molecule has 0 fully saturated rings. The zero-order chi connectivity index (χ0) is 25.9. The van der Waals surface area contributed by atoms with Crippen molar-refractivity contribution >= 4 is 11.9 Å². The van der Waals surface area contributed by atoms with Crippen molar-refractivity contribution in [2.75, 3.05) is 0 Å². The lowest BCUT2D eigenvalue weighted by Gasteiger charge is -2.29. The third-order valence-corrected chi connectivity index (χ3v) is 6.92. The molecule has 0 aliphatic carbocycles. The molecule has 0 aromatic carbocycles. The Bertz CT molecular complexity index is 724. The monoisotopic (exact) mass is 482 g/mol. The highest BCUT2D eigenvalue weighted by Gasteiger charge is 2.56. The fourth-order valence-corrected chi connectivity index (χ4v) is 4.59. The van der Waals surface area contributed by atoms with Gasteiger partial charge in [0, 0.05) is 6.42 Å². The number of hydrogen-bond donors (Lipinski definition) is 4. The van der Waals surface area contributed by atoms with Gasteiger partial charge in [-0.05, 0) is 43.9 Å². The van der Waals surface area contributed by atoms with E-state index in [1.165, 1.54) is 38.5 Å². The molecule has 7 heteroatoms. The molecule has 0 spiro atoms. The number of allylic oxidation sites excluding steroid dienone is 2. The summed E-state index contributed by atoms with van der Waals surface area (Å²) >= 11 is 0. The molecule has 1 aliphatic rings. The topological polar surface area (TPSA) is 124 Å². The van der Waals surface area contributed by atoms with E-state index >= 15 is 0 Å². The molecule has 0 aromatic heterocycles. The van der Waals surface area contributed by atoms with Crippen molar-refractivity contribution in [2.45, 2.75) is 117 Å². The van der Waals surface area contributed by atoms with Gasteiger partial charge in [-0.3, -0.25) is 0 Å². The van der Waals surface area contributed by atoms with Crippen molar-refractivity contribution in [1.29, 1.82) is 0 Å². The molecule has 0 saturated heterocycles. The quantitative estimate of drug-likeness (QED) is 0.143. The van der Waals surface area contributed by atoms with Crippen molar-refractivity contribution in [2.24, 2.45) is 17.8 Å². The number of ether oxygens (including phenoxy) is 1. The van der Waals surface area contributed by atoms with Crippen LogP contribution in [0.1, 0.15) is 105 Å². The van der Waals surface area contributed by atoms with Crippen LogP contribution in [0.3, 0.4) is 0 Å². The summed E-state index contributed by atoms with van der Waals surface area (Å²) in [6, 6.07) is 0. The second kappa shape index (κ2) is 14.4. The SMILES string of the molecule is CC(=CCC[C@]1([C@@H](O)C(=O)O)OC(=O)C(O)=C1O)CCCC(C)CCCC(C)CCCC(C)C. The Labute approximate surface area is 204 Å². The largest absolute Gasteiger partial charge is 0.505 e. The van der Waals surface area contributed by atoms with Crippen LogP contribution >= 0.6 is 0 Å². The van der Waals surface area contributed by atoms with Gasteiger partial charge < -0.3 is 25.2 Å². The van der Waals surface area contributed by atoms with Crippen molar-refractivity contribution < 1.29 is 34.8 Å². The number of carboxylic acids is 1. The summed E-state index contributed by atoms with van der Waals surface area (Å²) in [5, 5.41) is 38.8. The molecule has 4 atom stereocenters. The van der Waals surface area contributed by atoms with Gasteiger partial charge in [-0.15, -0.1) is 0 Å². The first-order valence-corrected chi connectivity index (χ1v) is 12.8. The molecule has 0 aromatic rings. The minimum absolute atomic E-state index is 0.148. The van der Waals surface area contributed by atoms with Gasteiger partial charge in [0.15, 0.2) is 11.9 Å². The predicted octanol–water partition coefficient (Wildman–Crippen LogP) is 6.22. The molecule has 0 radical (unpaired) electrons. The first kappa shape index (κ1) is 30.0. The van der Waals surface area contributed by atoms with E-state index in [4.69, 9.17) is 9.84 Å². The number of rotatable bonds is 17. The average Bonchev–Trinajstić information content (AvgIpc) is 2.97. The molecule has 196 valence electrons. The number of carboxylic acid groups (broad SMARTS) is 1. The van der Waals surface area contributed by atoms with E-state index in [1.807, 2.05) is 13.0 Å². The lowest BCUT2D eigenvalue weighted by Crippen LogP contribution is -2.49. The maximum absolute atomic E-state index is 11.6. The molecule has 2 unspecified atom stereocenters. The number of carbonyl (C=O) groups excluding carboxylic acids is 1. The number of aliphatic hydroxyl groups is 3. The Kier molecular flexibility index (Phi) is 12.7. The Morgan fingerprint density at radius 1 is 0.971 bits per heavy atom. The van der Waals surface area contributed by atoms with Crippen LogP contribution < -0.4 is 0 Å². The number of carbonyl (C=O) groups is 2. The molecule has 0 bridgehead atoms. The van der Waals surface area contributed by atoms with Gasteiger partial charge in [0.05, 0.1) is 0 Å². The molecule has 0 amide bonds. The fraction of sp³-hybridized carbons (Fsp3) is 0.778. The Hall–Kier alpha value is -2.02. The number of aliphatic hydroxyl groups excluding tert-OH is 3. The van der Waals surface area contributed by atoms with Gasteiger partial charge >= 0.3 is 11.9 Å². The summed E-state index contributed by atoms with van der Waals surface area (Å²) in [4.78, 5) is 22.9. The molecule has 1 heterocycles. The molecular formula is C27H46O7. The van der Waals surface area contributed by atoms with Crippen LogP contribution in [0.15, 0.2) is 23.2 Å². The summed E-state index contributed by atoms with van der Waals surface area (Å²) in [6.07, 6.45) is 10.7. The van der Waals surface area contributed by atoms with Crippen molar-refractivity contribution in [3.05, 3.63) is 23.2 Å². The number of aliphatic carboxylic acids is 1. The van der Waals surface area contributed by atoms with Gasteiger partial charge in [0.2, 0.25) is 11.4 Å². The van der Waals surface area contributed by atoms with E-state index in [-0.39, 0.29) is 12.8 Å². The fourth-order valence-electron chi connectivity index (χ4n) is 4.59. The van der Waals surface area contributed by atoms with E-state index in [9.17, 15) is 24.9 Å². The van der Waals surface area contributed by atoms with Crippen molar-refractivity contribution in [3.63, 3.8) is 0 Å². The highest BCUT2D eigenvalue weighted by molar-refractivity contribution is 5.91. The van der Waals surface area contributed by atoms with Gasteiger partial charge in [-0.2, -0.15) is 0 Å². The van der Waals surface area contributed by atoms with Gasteiger partial charge in [0.25, 0.3) is 0 Å². The van der Waals surface area contributed by atoms with Crippen LogP contribution in [0.2, 0.25) is 0 Å². The summed E-state index contributed by atoms with van der Waals surface area (Å²) in [5.41, 5.74) is -1.05. The zero-order valence-electron chi connectivity index (χ0n) is 21.7. The highest BCUT2D eigenvalue weighted by atomic mass is 16.6. The Morgan fingerprint density at radius 3 is 1.97 bits per heavy atom. The smallest absolute Gasteiger partial charge is 0.378 e. The van der Waals surface area contributed by atoms with E-state index in [2.05, 4.69) is 27.7 Å². The number of hydrogen-bond acceptors (Lipinski definition) is 6. The number of esters is 1. The lowest BCUT2D eigenvalue weighted by molar-refractivity contribution is -0.175. The molecule has 7 nitrogen and oxygen atoms in total. The summed E-state index contributed by atoms with van der Waals surface area (Å²) < 4.78 is 4.90. The molecule has 1 rings (SSSR count). The van der Waals surface area contributed by atoms with Gasteiger partial charge in [-0.25, -0.2) is 9.59 Å². The Balaban J connectivity index is 2.38. The van der Waals surface area contributed by atoms with Crippen molar-refractivity contribution in [3.8, 4) is 0 Å². The third-order valence-electron chi connectivity index (χ3n) is 6.92. The summed E-state index contributed by atoms with van der Waals surface area (Å²) in [7, 11) is 0. The first-order valence-electron chi connectivity index (χ1n) is 12.8. The van der Waals surface area contributed by atoms with Crippen LogP contribution in [0, 0.1) is 17.8 Å². The number of cyclic esters (lactones) is 1. The average molecular weight is 483 g/mol. The maximum Gasteiger partial charge on any atom is 0.378 e. The lowest BCUT2D eigenvalue weighted by atomic mass is 9.88. The van der Waals surface area contributed by atoms with Crippen LogP contribution in [-0.4, -0.2) is 44.1 Å². The van der Waals surface area contributed by atoms with E-state index < -0.39 is 35.2 Å². The summed E-state index contributed by atoms with van der Waals surface area (Å²) in [6.45, 7) is 11.2. The van der Waals surface area contributed by atoms with E-state index in [1.54, 1.807) is 0 Å². The van der Waals surface area contributed by atoms with Crippen LogP contribution in [-0.2, 0) is 14.3 Å². The standard InChI is InChI=1S/C27H46O7/c1-18(2)10-6-11-19(3)12-7-13-20(4)14-8-15-21(5)16-9-17-27(24(30)25(31)32)23(29)22(28)26(33)34-27/h16,18-20,24,28-30H,6-15,17H2,1-5H3,(H,31,32)/t19?,20?,24-,27-/m0/s1. The van der Waals surface area contributed by atoms with E-state index in [0.717, 1.165) is 36.7 Å². The molecule has 1 aliphatic heterocycles. The minimum atomic E-state index is -2.17. The zero-order valence-corrected chi connectivity index (χ0v) is 21.7. The molecular weight excluding hydrogens is 436 g/mol. The first-order chi connectivity index (χ1) is 15.9. The van der Waals surface area contributed by atoms with Crippen LogP contribution in [0.5, 0.6) is 0 Å². The van der Waals surface area contributed by atoms with Crippen molar-refractivity contribution in [1.82, 2.24) is 0 Å². The molecule has 34 heavy (non-hydrogen) atoms. The van der Waals surface area contributed by atoms with Gasteiger partial charge in [-0.1, -0.05) is 84.3 Å². The Morgan fingerprint density at radius 2 is 1.50 bits per heavy atom.